The Morgan fingerprint density at radius 1 is 1.69 bits per heavy atom. The standard InChI is InChI=1S/C9H13NO2S/c1-7-5-8(13-6-7)9(11)10-3-4-12-2/h5-6H,3-4H2,1-2H3,(H,10,11). The summed E-state index contributed by atoms with van der Waals surface area (Å²) >= 11 is 1.46. The van der Waals surface area contributed by atoms with Gasteiger partial charge in [-0.3, -0.25) is 4.79 Å². The summed E-state index contributed by atoms with van der Waals surface area (Å²) in [4.78, 5) is 12.1. The Balaban J connectivity index is 2.40. The topological polar surface area (TPSA) is 38.3 Å². The van der Waals surface area contributed by atoms with Crippen LogP contribution >= 0.6 is 11.3 Å². The zero-order chi connectivity index (χ0) is 9.68. The fourth-order valence-corrected chi connectivity index (χ4v) is 1.72. The summed E-state index contributed by atoms with van der Waals surface area (Å²) in [7, 11) is 1.61. The Hall–Kier alpha value is -0.870. The van der Waals surface area contributed by atoms with Crippen LogP contribution in [0.3, 0.4) is 0 Å². The second-order valence-corrected chi connectivity index (χ2v) is 3.65. The molecular formula is C9H13NO2S. The number of thiophene rings is 1. The van der Waals surface area contributed by atoms with Gasteiger partial charge in [0.2, 0.25) is 0 Å². The lowest BCUT2D eigenvalue weighted by Crippen LogP contribution is -2.26. The lowest BCUT2D eigenvalue weighted by atomic mass is 10.3. The molecule has 3 nitrogen and oxygen atoms in total. The van der Waals surface area contributed by atoms with Crippen LogP contribution in [0.5, 0.6) is 0 Å². The molecule has 0 radical (unpaired) electrons. The van der Waals surface area contributed by atoms with Gasteiger partial charge in [-0.05, 0) is 23.9 Å². The van der Waals surface area contributed by atoms with Gasteiger partial charge in [-0.1, -0.05) is 0 Å². The molecule has 72 valence electrons. The third kappa shape index (κ3) is 3.16. The monoisotopic (exact) mass is 199 g/mol. The maximum Gasteiger partial charge on any atom is 0.261 e. The number of hydrogen-bond donors (Lipinski definition) is 1. The Labute approximate surface area is 81.7 Å². The lowest BCUT2D eigenvalue weighted by Gasteiger charge is -2.01. The fraction of sp³-hybridized carbons (Fsp3) is 0.444. The van der Waals surface area contributed by atoms with Crippen molar-refractivity contribution in [2.45, 2.75) is 6.92 Å². The Morgan fingerprint density at radius 3 is 3.00 bits per heavy atom. The Kier molecular flexibility index (Phi) is 3.92. The van der Waals surface area contributed by atoms with Crippen LogP contribution in [0.4, 0.5) is 0 Å². The molecule has 0 aliphatic rings. The fourth-order valence-electron chi connectivity index (χ4n) is 0.904. The van der Waals surface area contributed by atoms with Crippen molar-refractivity contribution < 1.29 is 9.53 Å². The molecule has 4 heteroatoms. The van der Waals surface area contributed by atoms with E-state index in [1.54, 1.807) is 7.11 Å². The summed E-state index contributed by atoms with van der Waals surface area (Å²) < 4.78 is 4.82. The second kappa shape index (κ2) is 4.99. The molecule has 1 heterocycles. The number of ether oxygens (including phenoxy) is 1. The van der Waals surface area contributed by atoms with Gasteiger partial charge >= 0.3 is 0 Å². The molecule has 0 aromatic carbocycles. The lowest BCUT2D eigenvalue weighted by molar-refractivity contribution is 0.0941. The highest BCUT2D eigenvalue weighted by molar-refractivity contribution is 7.12. The minimum absolute atomic E-state index is 0.0184. The summed E-state index contributed by atoms with van der Waals surface area (Å²) in [5.74, 6) is -0.0184. The normalized spacial score (nSPS) is 10.0. The van der Waals surface area contributed by atoms with Gasteiger partial charge in [0, 0.05) is 13.7 Å². The van der Waals surface area contributed by atoms with E-state index < -0.39 is 0 Å². The van der Waals surface area contributed by atoms with Crippen molar-refractivity contribution in [3.63, 3.8) is 0 Å². The van der Waals surface area contributed by atoms with Crippen LogP contribution in [-0.4, -0.2) is 26.2 Å². The zero-order valence-electron chi connectivity index (χ0n) is 7.79. The largest absolute Gasteiger partial charge is 0.383 e. The van der Waals surface area contributed by atoms with Gasteiger partial charge in [-0.15, -0.1) is 11.3 Å². The first-order valence-corrected chi connectivity index (χ1v) is 4.94. The molecule has 13 heavy (non-hydrogen) atoms. The van der Waals surface area contributed by atoms with E-state index in [0.717, 1.165) is 10.4 Å². The number of rotatable bonds is 4. The first kappa shape index (κ1) is 10.2. The number of nitrogens with one attached hydrogen (secondary N) is 1. The number of carbonyl (C=O) groups excluding carboxylic acids is 1. The summed E-state index contributed by atoms with van der Waals surface area (Å²) in [5.41, 5.74) is 1.13. The molecule has 1 aromatic rings. The highest BCUT2D eigenvalue weighted by atomic mass is 32.1. The molecule has 0 unspecified atom stereocenters. The molecule has 0 aliphatic carbocycles. The van der Waals surface area contributed by atoms with Crippen LogP contribution in [0.25, 0.3) is 0 Å². The highest BCUT2D eigenvalue weighted by Crippen LogP contribution is 2.12. The predicted molar refractivity (Wildman–Crippen MR) is 53.3 cm³/mol. The molecular weight excluding hydrogens is 186 g/mol. The van der Waals surface area contributed by atoms with E-state index in [-0.39, 0.29) is 5.91 Å². The van der Waals surface area contributed by atoms with Gasteiger partial charge in [0.1, 0.15) is 0 Å². The van der Waals surface area contributed by atoms with Crippen LogP contribution in [0.2, 0.25) is 0 Å². The smallest absolute Gasteiger partial charge is 0.261 e. The Morgan fingerprint density at radius 2 is 2.46 bits per heavy atom. The number of methoxy groups -OCH3 is 1. The molecule has 1 amide bonds. The van der Waals surface area contributed by atoms with Crippen LogP contribution in [0.15, 0.2) is 11.4 Å². The minimum Gasteiger partial charge on any atom is -0.383 e. The van der Waals surface area contributed by atoms with E-state index in [0.29, 0.717) is 13.2 Å². The number of carbonyl (C=O) groups is 1. The van der Waals surface area contributed by atoms with Gasteiger partial charge < -0.3 is 10.1 Å². The van der Waals surface area contributed by atoms with Crippen LogP contribution < -0.4 is 5.32 Å². The van der Waals surface area contributed by atoms with E-state index in [2.05, 4.69) is 5.32 Å². The number of hydrogen-bond acceptors (Lipinski definition) is 3. The number of amides is 1. The molecule has 0 bridgehead atoms. The van der Waals surface area contributed by atoms with Crippen LogP contribution in [0.1, 0.15) is 15.2 Å². The maximum absolute atomic E-state index is 11.4. The first-order chi connectivity index (χ1) is 6.24. The van der Waals surface area contributed by atoms with Crippen molar-refractivity contribution >= 4 is 17.2 Å². The quantitative estimate of drug-likeness (QED) is 0.745. The van der Waals surface area contributed by atoms with Gasteiger partial charge in [0.25, 0.3) is 5.91 Å². The van der Waals surface area contributed by atoms with Crippen molar-refractivity contribution in [2.24, 2.45) is 0 Å². The van der Waals surface area contributed by atoms with Crippen LogP contribution in [0, 0.1) is 6.92 Å². The van der Waals surface area contributed by atoms with Gasteiger partial charge in [0.05, 0.1) is 11.5 Å². The van der Waals surface area contributed by atoms with E-state index >= 15 is 0 Å². The molecule has 1 aromatic heterocycles. The third-order valence-electron chi connectivity index (χ3n) is 1.55. The average molecular weight is 199 g/mol. The Bertz CT molecular complexity index is 283. The van der Waals surface area contributed by atoms with Crippen molar-refractivity contribution in [2.75, 3.05) is 20.3 Å². The summed E-state index contributed by atoms with van der Waals surface area (Å²) in [6, 6.07) is 1.88. The number of aryl methyl sites for hydroxylation is 1. The van der Waals surface area contributed by atoms with E-state index in [4.69, 9.17) is 4.74 Å². The van der Waals surface area contributed by atoms with Crippen molar-refractivity contribution in [3.8, 4) is 0 Å². The molecule has 0 spiro atoms. The maximum atomic E-state index is 11.4. The molecule has 1 rings (SSSR count). The van der Waals surface area contributed by atoms with Crippen molar-refractivity contribution in [1.82, 2.24) is 5.32 Å². The summed E-state index contributed by atoms with van der Waals surface area (Å²) in [5, 5.41) is 4.72. The minimum atomic E-state index is -0.0184. The highest BCUT2D eigenvalue weighted by Gasteiger charge is 2.05. The SMILES string of the molecule is COCCNC(=O)c1cc(C)cs1. The molecule has 0 saturated carbocycles. The van der Waals surface area contributed by atoms with E-state index in [1.165, 1.54) is 11.3 Å². The average Bonchev–Trinajstić information content (AvgIpc) is 2.52. The molecule has 1 N–H and O–H groups in total. The van der Waals surface area contributed by atoms with E-state index in [1.807, 2.05) is 18.4 Å². The van der Waals surface area contributed by atoms with Gasteiger partial charge in [-0.25, -0.2) is 0 Å². The first-order valence-electron chi connectivity index (χ1n) is 4.06. The van der Waals surface area contributed by atoms with Gasteiger partial charge in [-0.2, -0.15) is 0 Å². The molecule has 0 fully saturated rings. The molecule has 0 atom stereocenters. The second-order valence-electron chi connectivity index (χ2n) is 2.74. The van der Waals surface area contributed by atoms with Gasteiger partial charge in [0.15, 0.2) is 0 Å². The molecule has 0 saturated heterocycles. The van der Waals surface area contributed by atoms with E-state index in [9.17, 15) is 4.79 Å². The van der Waals surface area contributed by atoms with Crippen molar-refractivity contribution in [3.05, 3.63) is 21.9 Å². The third-order valence-corrected chi connectivity index (χ3v) is 2.59. The van der Waals surface area contributed by atoms with Crippen molar-refractivity contribution in [1.29, 1.82) is 0 Å². The van der Waals surface area contributed by atoms with Crippen LogP contribution in [-0.2, 0) is 4.74 Å². The summed E-state index contributed by atoms with van der Waals surface area (Å²) in [6.45, 7) is 3.09. The summed E-state index contributed by atoms with van der Waals surface area (Å²) in [6.07, 6.45) is 0. The zero-order valence-corrected chi connectivity index (χ0v) is 8.61. The molecule has 0 aliphatic heterocycles. The predicted octanol–water partition coefficient (Wildman–Crippen LogP) is 1.43.